The summed E-state index contributed by atoms with van der Waals surface area (Å²) in [5, 5.41) is 0. The summed E-state index contributed by atoms with van der Waals surface area (Å²) in [4.78, 5) is 0. The average Bonchev–Trinajstić information content (AvgIpc) is 2.29. The largest absolute Gasteiger partial charge is 0.0839 e. The normalized spacial score (nSPS) is 29.7. The van der Waals surface area contributed by atoms with Gasteiger partial charge in [0, 0.05) is 0 Å². The number of fused-ring (bicyclic) bond motifs is 2. The Morgan fingerprint density at radius 3 is 3.14 bits per heavy atom. The Balaban J connectivity index is 2.06. The maximum absolute atomic E-state index is 2.36. The van der Waals surface area contributed by atoms with Gasteiger partial charge in [0.05, 0.1) is 0 Å². The van der Waals surface area contributed by atoms with Crippen LogP contribution in [0.5, 0.6) is 0 Å². The summed E-state index contributed by atoms with van der Waals surface area (Å²) in [5.41, 5.74) is 4.94. The summed E-state index contributed by atoms with van der Waals surface area (Å²) in [6, 6.07) is 0. The third kappa shape index (κ3) is 1.21. The van der Waals surface area contributed by atoms with Crippen molar-refractivity contribution in [1.29, 1.82) is 0 Å². The molecule has 0 saturated heterocycles. The van der Waals surface area contributed by atoms with Gasteiger partial charge in [0.15, 0.2) is 0 Å². The molecule has 0 amide bonds. The molecule has 0 aliphatic heterocycles. The Bertz CT molecular complexity index is 363. The molecule has 0 radical (unpaired) electrons. The van der Waals surface area contributed by atoms with Crippen molar-refractivity contribution in [2.75, 3.05) is 0 Å². The number of hydrogen-bond acceptors (Lipinski definition) is 0. The van der Waals surface area contributed by atoms with E-state index in [0.29, 0.717) is 0 Å². The van der Waals surface area contributed by atoms with E-state index in [9.17, 15) is 0 Å². The maximum atomic E-state index is 2.36. The lowest BCUT2D eigenvalue weighted by molar-refractivity contribution is 0.537. The lowest BCUT2D eigenvalue weighted by Gasteiger charge is -2.32. The molecule has 72 valence electrons. The molecule has 0 aromatic rings. The minimum atomic E-state index is 0.838. The molecule has 0 spiro atoms. The van der Waals surface area contributed by atoms with Gasteiger partial charge in [0.1, 0.15) is 0 Å². The molecule has 0 nitrogen and oxygen atoms in total. The van der Waals surface area contributed by atoms with E-state index >= 15 is 0 Å². The summed E-state index contributed by atoms with van der Waals surface area (Å²) >= 11 is 0. The van der Waals surface area contributed by atoms with Crippen LogP contribution in [-0.4, -0.2) is 0 Å². The molecular formula is C14H16. The number of rotatable bonds is 0. The molecule has 3 rings (SSSR count). The van der Waals surface area contributed by atoms with E-state index < -0.39 is 0 Å². The molecular weight excluding hydrogens is 168 g/mol. The molecule has 1 unspecified atom stereocenters. The molecule has 0 N–H and O–H groups in total. The minimum Gasteiger partial charge on any atom is -0.0839 e. The minimum absolute atomic E-state index is 0.838. The first-order valence-corrected chi connectivity index (χ1v) is 5.71. The molecule has 0 bridgehead atoms. The van der Waals surface area contributed by atoms with Crippen LogP contribution in [0.4, 0.5) is 0 Å². The molecule has 3 aliphatic rings. The average molecular weight is 184 g/mol. The van der Waals surface area contributed by atoms with E-state index in [1.165, 1.54) is 32.1 Å². The van der Waals surface area contributed by atoms with Crippen molar-refractivity contribution in [2.24, 2.45) is 5.92 Å². The van der Waals surface area contributed by atoms with Crippen LogP contribution in [0, 0.1) is 5.92 Å². The molecule has 3 aliphatic carbocycles. The predicted octanol–water partition coefficient (Wildman–Crippen LogP) is 3.93. The van der Waals surface area contributed by atoms with E-state index in [0.717, 1.165) is 5.92 Å². The zero-order valence-corrected chi connectivity index (χ0v) is 8.50. The Morgan fingerprint density at radius 1 is 1.14 bits per heavy atom. The molecule has 0 heterocycles. The van der Waals surface area contributed by atoms with Crippen molar-refractivity contribution in [1.82, 2.24) is 0 Å². The fraction of sp³-hybridized carbons (Fsp3) is 0.429. The molecule has 14 heavy (non-hydrogen) atoms. The molecule has 0 aromatic carbocycles. The highest BCUT2D eigenvalue weighted by Crippen LogP contribution is 2.42. The van der Waals surface area contributed by atoms with Crippen molar-refractivity contribution >= 4 is 0 Å². The van der Waals surface area contributed by atoms with Gasteiger partial charge >= 0.3 is 0 Å². The smallest absolute Gasteiger partial charge is 0.0121 e. The van der Waals surface area contributed by atoms with Gasteiger partial charge in [-0.2, -0.15) is 0 Å². The van der Waals surface area contributed by atoms with E-state index in [2.05, 4.69) is 30.4 Å². The van der Waals surface area contributed by atoms with Crippen molar-refractivity contribution < 1.29 is 0 Å². The monoisotopic (exact) mass is 184 g/mol. The summed E-state index contributed by atoms with van der Waals surface area (Å²) < 4.78 is 0. The zero-order chi connectivity index (χ0) is 9.38. The highest BCUT2D eigenvalue weighted by atomic mass is 14.3. The summed E-state index contributed by atoms with van der Waals surface area (Å²) in [7, 11) is 0. The van der Waals surface area contributed by atoms with Crippen LogP contribution < -0.4 is 0 Å². The third-order valence-corrected chi connectivity index (χ3v) is 3.65. The molecule has 0 aromatic heterocycles. The van der Waals surface area contributed by atoms with Crippen molar-refractivity contribution in [3.63, 3.8) is 0 Å². The van der Waals surface area contributed by atoms with Gasteiger partial charge < -0.3 is 0 Å². The van der Waals surface area contributed by atoms with Gasteiger partial charge in [-0.25, -0.2) is 0 Å². The fourth-order valence-corrected chi connectivity index (χ4v) is 2.91. The molecule has 0 saturated carbocycles. The Kier molecular flexibility index (Phi) is 1.93. The SMILES string of the molecule is C1=CCC2CCC3=C(CCC=C3)C2=C1. The lowest BCUT2D eigenvalue weighted by Crippen LogP contribution is -2.16. The maximum Gasteiger partial charge on any atom is -0.0121 e. The van der Waals surface area contributed by atoms with Crippen molar-refractivity contribution in [2.45, 2.75) is 32.1 Å². The van der Waals surface area contributed by atoms with Crippen molar-refractivity contribution in [3.8, 4) is 0 Å². The van der Waals surface area contributed by atoms with Crippen LogP contribution in [0.15, 0.2) is 47.1 Å². The first kappa shape index (κ1) is 8.28. The highest BCUT2D eigenvalue weighted by Gasteiger charge is 2.25. The van der Waals surface area contributed by atoms with Gasteiger partial charge in [0.2, 0.25) is 0 Å². The second-order valence-corrected chi connectivity index (χ2v) is 4.47. The Hall–Kier alpha value is -1.04. The number of hydrogen-bond donors (Lipinski definition) is 0. The van der Waals surface area contributed by atoms with Crippen LogP contribution in [0.3, 0.4) is 0 Å². The van der Waals surface area contributed by atoms with Gasteiger partial charge in [-0.05, 0) is 54.7 Å². The summed E-state index contributed by atoms with van der Waals surface area (Å²) in [5.74, 6) is 0.838. The van der Waals surface area contributed by atoms with Gasteiger partial charge in [-0.1, -0.05) is 30.4 Å². The first-order chi connectivity index (χ1) is 6.95. The van der Waals surface area contributed by atoms with Crippen LogP contribution >= 0.6 is 0 Å². The standard InChI is InChI=1S/C14H16/c1-3-7-13-11(5-1)9-10-12-6-2-4-8-14(12)13/h1-3,6-7,11H,4-5,8-10H2. The number of allylic oxidation sites excluding steroid dienone is 8. The molecule has 0 fully saturated rings. The van der Waals surface area contributed by atoms with Gasteiger partial charge in [-0.15, -0.1) is 0 Å². The van der Waals surface area contributed by atoms with Gasteiger partial charge in [-0.3, -0.25) is 0 Å². The molecule has 1 atom stereocenters. The highest BCUT2D eigenvalue weighted by molar-refractivity contribution is 5.48. The quantitative estimate of drug-likeness (QED) is 0.535. The first-order valence-electron chi connectivity index (χ1n) is 5.71. The van der Waals surface area contributed by atoms with E-state index in [-0.39, 0.29) is 0 Å². The van der Waals surface area contributed by atoms with E-state index in [1.807, 2.05) is 0 Å². The zero-order valence-electron chi connectivity index (χ0n) is 8.50. The lowest BCUT2D eigenvalue weighted by atomic mass is 9.73. The van der Waals surface area contributed by atoms with Crippen LogP contribution in [-0.2, 0) is 0 Å². The van der Waals surface area contributed by atoms with E-state index in [1.54, 1.807) is 16.7 Å². The summed E-state index contributed by atoms with van der Waals surface area (Å²) in [6.07, 6.45) is 18.1. The second-order valence-electron chi connectivity index (χ2n) is 4.47. The second kappa shape index (κ2) is 3.27. The molecule has 0 heteroatoms. The summed E-state index contributed by atoms with van der Waals surface area (Å²) in [6.45, 7) is 0. The van der Waals surface area contributed by atoms with Crippen LogP contribution in [0.1, 0.15) is 32.1 Å². The fourth-order valence-electron chi connectivity index (χ4n) is 2.91. The topological polar surface area (TPSA) is 0 Å². The van der Waals surface area contributed by atoms with Gasteiger partial charge in [0.25, 0.3) is 0 Å². The van der Waals surface area contributed by atoms with Crippen molar-refractivity contribution in [3.05, 3.63) is 47.1 Å². The van der Waals surface area contributed by atoms with Crippen LogP contribution in [0.2, 0.25) is 0 Å². The Morgan fingerprint density at radius 2 is 2.14 bits per heavy atom. The van der Waals surface area contributed by atoms with E-state index in [4.69, 9.17) is 0 Å². The Labute approximate surface area is 85.7 Å². The van der Waals surface area contributed by atoms with Crippen LogP contribution in [0.25, 0.3) is 0 Å². The third-order valence-electron chi connectivity index (χ3n) is 3.65. The predicted molar refractivity (Wildman–Crippen MR) is 60.0 cm³/mol.